The Balaban J connectivity index is 1.89. The van der Waals surface area contributed by atoms with Crippen LogP contribution in [0.25, 0.3) is 0 Å². The molecule has 0 saturated heterocycles. The number of halogens is 2. The number of nitrogens with zero attached hydrogens (tertiary/aromatic N) is 1. The van der Waals surface area contributed by atoms with Gasteiger partial charge in [-0.1, -0.05) is 28.1 Å². The standard InChI is InChI=1S/C15H11BrFN3O2/c16-11-3-1-2-10(8-11)9-18-20-15(22)14(21)19-13-6-4-12(17)5-7-13/h1-9H,(H,19,21)(H,20,22)/b18-9+. The average molecular weight is 364 g/mol. The molecule has 2 aromatic carbocycles. The minimum absolute atomic E-state index is 0.317. The molecule has 7 heteroatoms. The second kappa shape index (κ2) is 7.46. The molecule has 0 aromatic heterocycles. The Labute approximate surface area is 134 Å². The monoisotopic (exact) mass is 363 g/mol. The fourth-order valence-corrected chi connectivity index (χ4v) is 1.94. The van der Waals surface area contributed by atoms with E-state index in [4.69, 9.17) is 0 Å². The molecule has 2 amide bonds. The van der Waals surface area contributed by atoms with Crippen molar-refractivity contribution in [2.45, 2.75) is 0 Å². The maximum absolute atomic E-state index is 12.7. The van der Waals surface area contributed by atoms with E-state index in [-0.39, 0.29) is 0 Å². The zero-order valence-corrected chi connectivity index (χ0v) is 12.8. The Kier molecular flexibility index (Phi) is 5.37. The average Bonchev–Trinajstić information content (AvgIpc) is 2.49. The maximum atomic E-state index is 12.7. The van der Waals surface area contributed by atoms with Crippen molar-refractivity contribution >= 4 is 39.6 Å². The minimum atomic E-state index is -0.921. The van der Waals surface area contributed by atoms with E-state index in [0.29, 0.717) is 5.69 Å². The molecular formula is C15H11BrFN3O2. The molecule has 2 N–H and O–H groups in total. The van der Waals surface area contributed by atoms with Crippen molar-refractivity contribution in [2.24, 2.45) is 5.10 Å². The summed E-state index contributed by atoms with van der Waals surface area (Å²) in [6.07, 6.45) is 1.41. The van der Waals surface area contributed by atoms with Gasteiger partial charge in [0.05, 0.1) is 6.21 Å². The van der Waals surface area contributed by atoms with Gasteiger partial charge >= 0.3 is 11.8 Å². The van der Waals surface area contributed by atoms with E-state index >= 15 is 0 Å². The van der Waals surface area contributed by atoms with Gasteiger partial charge in [-0.2, -0.15) is 5.10 Å². The van der Waals surface area contributed by atoms with Crippen LogP contribution in [0.3, 0.4) is 0 Å². The van der Waals surface area contributed by atoms with Crippen LogP contribution in [-0.2, 0) is 9.59 Å². The third-order valence-electron chi connectivity index (χ3n) is 2.54. The van der Waals surface area contributed by atoms with Crippen LogP contribution in [0.1, 0.15) is 5.56 Å². The van der Waals surface area contributed by atoms with Crippen molar-refractivity contribution in [1.29, 1.82) is 0 Å². The number of amides is 2. The lowest BCUT2D eigenvalue weighted by atomic mass is 10.2. The second-order valence-corrected chi connectivity index (χ2v) is 5.13. The van der Waals surface area contributed by atoms with E-state index < -0.39 is 17.6 Å². The highest BCUT2D eigenvalue weighted by molar-refractivity contribution is 9.10. The summed E-state index contributed by atoms with van der Waals surface area (Å²) in [4.78, 5) is 23.1. The summed E-state index contributed by atoms with van der Waals surface area (Å²) in [7, 11) is 0. The van der Waals surface area contributed by atoms with Crippen LogP contribution in [0, 0.1) is 5.82 Å². The van der Waals surface area contributed by atoms with E-state index in [1.165, 1.54) is 30.5 Å². The molecule has 0 aliphatic heterocycles. The molecule has 0 fully saturated rings. The summed E-state index contributed by atoms with van der Waals surface area (Å²) in [5, 5.41) is 6.02. The van der Waals surface area contributed by atoms with E-state index in [1.807, 2.05) is 12.1 Å². The summed E-state index contributed by atoms with van der Waals surface area (Å²) in [5.74, 6) is -2.24. The molecule has 2 aromatic rings. The molecule has 0 heterocycles. The predicted molar refractivity (Wildman–Crippen MR) is 84.9 cm³/mol. The van der Waals surface area contributed by atoms with E-state index in [9.17, 15) is 14.0 Å². The van der Waals surface area contributed by atoms with Crippen molar-refractivity contribution < 1.29 is 14.0 Å². The van der Waals surface area contributed by atoms with Crippen LogP contribution in [0.2, 0.25) is 0 Å². The summed E-state index contributed by atoms with van der Waals surface area (Å²) < 4.78 is 13.6. The second-order valence-electron chi connectivity index (χ2n) is 4.22. The molecule has 0 aliphatic rings. The molecule has 0 aliphatic carbocycles. The summed E-state index contributed by atoms with van der Waals surface area (Å²) in [5.41, 5.74) is 3.19. The van der Waals surface area contributed by atoms with Gasteiger partial charge in [0, 0.05) is 10.2 Å². The number of benzene rings is 2. The van der Waals surface area contributed by atoms with Gasteiger partial charge in [-0.15, -0.1) is 0 Å². The van der Waals surface area contributed by atoms with Gasteiger partial charge < -0.3 is 5.32 Å². The number of nitrogens with one attached hydrogen (secondary N) is 2. The molecule has 0 atom stereocenters. The molecule has 0 bridgehead atoms. The van der Waals surface area contributed by atoms with Crippen molar-refractivity contribution in [3.63, 3.8) is 0 Å². The van der Waals surface area contributed by atoms with Crippen LogP contribution in [0.4, 0.5) is 10.1 Å². The largest absolute Gasteiger partial charge is 0.329 e. The molecular weight excluding hydrogens is 353 g/mol. The van der Waals surface area contributed by atoms with Crippen LogP contribution >= 0.6 is 15.9 Å². The van der Waals surface area contributed by atoms with Crippen molar-refractivity contribution in [3.8, 4) is 0 Å². The number of rotatable bonds is 3. The molecule has 22 heavy (non-hydrogen) atoms. The third-order valence-corrected chi connectivity index (χ3v) is 3.03. The van der Waals surface area contributed by atoms with Gasteiger partial charge in [-0.05, 0) is 42.0 Å². The third kappa shape index (κ3) is 4.78. The number of carbonyl (C=O) groups excluding carboxylic acids is 2. The molecule has 0 saturated carbocycles. The lowest BCUT2D eigenvalue weighted by molar-refractivity contribution is -0.136. The topological polar surface area (TPSA) is 70.6 Å². The smallest absolute Gasteiger partial charge is 0.318 e. The molecule has 0 unspecified atom stereocenters. The SMILES string of the molecule is O=C(N/N=C/c1cccc(Br)c1)C(=O)Nc1ccc(F)cc1. The lowest BCUT2D eigenvalue weighted by Crippen LogP contribution is -2.32. The first-order valence-corrected chi connectivity index (χ1v) is 6.99. The Morgan fingerprint density at radius 2 is 1.82 bits per heavy atom. The Bertz CT molecular complexity index is 717. The highest BCUT2D eigenvalue weighted by atomic mass is 79.9. The molecule has 0 radical (unpaired) electrons. The maximum Gasteiger partial charge on any atom is 0.329 e. The van der Waals surface area contributed by atoms with Crippen LogP contribution in [0.5, 0.6) is 0 Å². The zero-order chi connectivity index (χ0) is 15.9. The summed E-state index contributed by atoms with van der Waals surface area (Å²) >= 11 is 3.31. The first-order chi connectivity index (χ1) is 10.5. The van der Waals surface area contributed by atoms with Crippen molar-refractivity contribution in [1.82, 2.24) is 5.43 Å². The lowest BCUT2D eigenvalue weighted by Gasteiger charge is -2.03. The van der Waals surface area contributed by atoms with Gasteiger partial charge in [0.2, 0.25) is 0 Å². The molecule has 0 spiro atoms. The van der Waals surface area contributed by atoms with Crippen molar-refractivity contribution in [2.75, 3.05) is 5.32 Å². The van der Waals surface area contributed by atoms with Gasteiger partial charge in [-0.25, -0.2) is 9.82 Å². The molecule has 2 rings (SSSR count). The summed E-state index contributed by atoms with van der Waals surface area (Å²) in [6.45, 7) is 0. The van der Waals surface area contributed by atoms with E-state index in [2.05, 4.69) is 31.8 Å². The van der Waals surface area contributed by atoms with Gasteiger partial charge in [0.1, 0.15) is 5.82 Å². The fraction of sp³-hybridized carbons (Fsp3) is 0. The number of carbonyl (C=O) groups is 2. The first-order valence-electron chi connectivity index (χ1n) is 6.20. The van der Waals surface area contributed by atoms with E-state index in [0.717, 1.165) is 10.0 Å². The van der Waals surface area contributed by atoms with Crippen molar-refractivity contribution in [3.05, 3.63) is 64.4 Å². The van der Waals surface area contributed by atoms with E-state index in [1.54, 1.807) is 12.1 Å². The fourth-order valence-electron chi connectivity index (χ4n) is 1.52. The van der Waals surface area contributed by atoms with Gasteiger partial charge in [0.25, 0.3) is 0 Å². The number of hydrogen-bond donors (Lipinski definition) is 2. The van der Waals surface area contributed by atoms with Crippen LogP contribution < -0.4 is 10.7 Å². The highest BCUT2D eigenvalue weighted by Gasteiger charge is 2.12. The number of anilines is 1. The van der Waals surface area contributed by atoms with Crippen LogP contribution in [-0.4, -0.2) is 18.0 Å². The summed E-state index contributed by atoms with van der Waals surface area (Å²) in [6, 6.07) is 12.3. The number of hydrazone groups is 1. The molecule has 5 nitrogen and oxygen atoms in total. The first kappa shape index (κ1) is 15.8. The Morgan fingerprint density at radius 1 is 1.09 bits per heavy atom. The highest BCUT2D eigenvalue weighted by Crippen LogP contribution is 2.10. The van der Waals surface area contributed by atoms with Gasteiger partial charge in [0.15, 0.2) is 0 Å². The normalized spacial score (nSPS) is 10.5. The van der Waals surface area contributed by atoms with Gasteiger partial charge in [-0.3, -0.25) is 9.59 Å². The molecule has 112 valence electrons. The Morgan fingerprint density at radius 3 is 2.50 bits per heavy atom. The predicted octanol–water partition coefficient (Wildman–Crippen LogP) is 2.68. The minimum Gasteiger partial charge on any atom is -0.318 e. The number of hydrogen-bond acceptors (Lipinski definition) is 3. The van der Waals surface area contributed by atoms with Crippen LogP contribution in [0.15, 0.2) is 58.1 Å². The quantitative estimate of drug-likeness (QED) is 0.500. The zero-order valence-electron chi connectivity index (χ0n) is 11.2. The Hall–Kier alpha value is -2.54.